The average Bonchev–Trinajstić information content (AvgIpc) is 2.99. The monoisotopic (exact) mass is 347 g/mol. The zero-order valence-corrected chi connectivity index (χ0v) is 14.7. The predicted molar refractivity (Wildman–Crippen MR) is 93.2 cm³/mol. The SMILES string of the molecule is Cc1cc(NC(=O)CSc2cc(N3CCC(C)CC3)ncn2)no1. The second-order valence-electron chi connectivity index (χ2n) is 6.04. The Morgan fingerprint density at radius 1 is 1.38 bits per heavy atom. The highest BCUT2D eigenvalue weighted by Crippen LogP contribution is 2.24. The number of hydrogen-bond donors (Lipinski definition) is 1. The van der Waals surface area contributed by atoms with E-state index in [1.165, 1.54) is 24.6 Å². The molecule has 0 atom stereocenters. The molecule has 1 saturated heterocycles. The number of nitrogens with zero attached hydrogens (tertiary/aromatic N) is 4. The van der Waals surface area contributed by atoms with Crippen molar-refractivity contribution in [2.45, 2.75) is 31.7 Å². The molecule has 1 fully saturated rings. The quantitative estimate of drug-likeness (QED) is 0.657. The lowest BCUT2D eigenvalue weighted by Crippen LogP contribution is -2.33. The van der Waals surface area contributed by atoms with E-state index in [1.54, 1.807) is 19.3 Å². The lowest BCUT2D eigenvalue weighted by atomic mass is 9.99. The summed E-state index contributed by atoms with van der Waals surface area (Å²) >= 11 is 1.39. The van der Waals surface area contributed by atoms with Crippen LogP contribution in [0, 0.1) is 12.8 Å². The lowest BCUT2D eigenvalue weighted by molar-refractivity contribution is -0.113. The number of nitrogens with one attached hydrogen (secondary N) is 1. The standard InChI is InChI=1S/C16H21N5O2S/c1-11-3-5-21(6-4-11)14-8-16(18-10-17-14)24-9-15(22)19-13-7-12(2)23-20-13/h7-8,10-11H,3-6,9H2,1-2H3,(H,19,20,22). The molecule has 3 rings (SSSR count). The van der Waals surface area contributed by atoms with Gasteiger partial charge in [-0.25, -0.2) is 9.97 Å². The lowest BCUT2D eigenvalue weighted by Gasteiger charge is -2.31. The first-order valence-electron chi connectivity index (χ1n) is 8.03. The van der Waals surface area contributed by atoms with Gasteiger partial charge in [0.2, 0.25) is 5.91 Å². The van der Waals surface area contributed by atoms with Crippen molar-refractivity contribution in [3.8, 4) is 0 Å². The van der Waals surface area contributed by atoms with Gasteiger partial charge in [-0.05, 0) is 25.7 Å². The number of thioether (sulfide) groups is 1. The molecule has 8 heteroatoms. The molecule has 128 valence electrons. The Bertz CT molecular complexity index is 697. The molecule has 1 aliphatic rings. The topological polar surface area (TPSA) is 84.2 Å². The van der Waals surface area contributed by atoms with Crippen LogP contribution in [0.15, 0.2) is 28.0 Å². The molecule has 24 heavy (non-hydrogen) atoms. The Labute approximate surface area is 145 Å². The largest absolute Gasteiger partial charge is 0.360 e. The van der Waals surface area contributed by atoms with Gasteiger partial charge in [0.25, 0.3) is 0 Å². The van der Waals surface area contributed by atoms with Crippen molar-refractivity contribution >= 4 is 29.3 Å². The van der Waals surface area contributed by atoms with E-state index in [1.807, 2.05) is 6.07 Å². The fourth-order valence-electron chi connectivity index (χ4n) is 2.56. The van der Waals surface area contributed by atoms with Gasteiger partial charge in [-0.2, -0.15) is 0 Å². The summed E-state index contributed by atoms with van der Waals surface area (Å²) in [6.45, 7) is 6.11. The van der Waals surface area contributed by atoms with Gasteiger partial charge < -0.3 is 14.7 Å². The van der Waals surface area contributed by atoms with Crippen LogP contribution in [0.4, 0.5) is 11.6 Å². The molecule has 0 aromatic carbocycles. The number of hydrogen-bond acceptors (Lipinski definition) is 7. The van der Waals surface area contributed by atoms with Crippen LogP contribution in [0.25, 0.3) is 0 Å². The summed E-state index contributed by atoms with van der Waals surface area (Å²) in [6, 6.07) is 3.64. The molecule has 3 heterocycles. The molecule has 0 radical (unpaired) electrons. The van der Waals surface area contributed by atoms with Crippen molar-refractivity contribution in [3.63, 3.8) is 0 Å². The van der Waals surface area contributed by atoms with Crippen LogP contribution in [0.3, 0.4) is 0 Å². The highest BCUT2D eigenvalue weighted by Gasteiger charge is 2.17. The van der Waals surface area contributed by atoms with E-state index in [0.29, 0.717) is 11.6 Å². The third-order valence-electron chi connectivity index (χ3n) is 3.98. The Morgan fingerprint density at radius 2 is 2.17 bits per heavy atom. The van der Waals surface area contributed by atoms with E-state index in [4.69, 9.17) is 4.52 Å². The van der Waals surface area contributed by atoms with E-state index in [9.17, 15) is 4.79 Å². The van der Waals surface area contributed by atoms with Crippen LogP contribution in [-0.4, -0.2) is 39.9 Å². The van der Waals surface area contributed by atoms with Crippen molar-refractivity contribution in [1.82, 2.24) is 15.1 Å². The van der Waals surface area contributed by atoms with Gasteiger partial charge in [0.1, 0.15) is 22.9 Å². The highest BCUT2D eigenvalue weighted by atomic mass is 32.2. The van der Waals surface area contributed by atoms with Crippen LogP contribution in [-0.2, 0) is 4.79 Å². The highest BCUT2D eigenvalue weighted by molar-refractivity contribution is 7.99. The third-order valence-corrected chi connectivity index (χ3v) is 4.91. The number of aromatic nitrogens is 3. The summed E-state index contributed by atoms with van der Waals surface area (Å²) in [5.74, 6) is 2.94. The molecule has 0 unspecified atom stereocenters. The van der Waals surface area contributed by atoms with Crippen LogP contribution in [0.2, 0.25) is 0 Å². The van der Waals surface area contributed by atoms with Gasteiger partial charge >= 0.3 is 0 Å². The molecular formula is C16H21N5O2S. The number of anilines is 2. The number of amides is 1. The molecule has 0 bridgehead atoms. The summed E-state index contributed by atoms with van der Waals surface area (Å²) in [5.41, 5.74) is 0. The van der Waals surface area contributed by atoms with E-state index < -0.39 is 0 Å². The normalized spacial score (nSPS) is 15.5. The van der Waals surface area contributed by atoms with E-state index in [-0.39, 0.29) is 11.7 Å². The van der Waals surface area contributed by atoms with Crippen LogP contribution in [0.1, 0.15) is 25.5 Å². The van der Waals surface area contributed by atoms with Crippen molar-refractivity contribution in [1.29, 1.82) is 0 Å². The van der Waals surface area contributed by atoms with Crippen molar-refractivity contribution in [2.24, 2.45) is 5.92 Å². The molecule has 0 saturated carbocycles. The predicted octanol–water partition coefficient (Wildman–Crippen LogP) is 2.74. The summed E-state index contributed by atoms with van der Waals surface area (Å²) in [4.78, 5) is 22.8. The van der Waals surface area contributed by atoms with Crippen molar-refractivity contribution < 1.29 is 9.32 Å². The number of rotatable bonds is 5. The molecule has 2 aromatic heterocycles. The zero-order chi connectivity index (χ0) is 16.9. The minimum absolute atomic E-state index is 0.139. The third kappa shape index (κ3) is 4.47. The smallest absolute Gasteiger partial charge is 0.236 e. The number of carbonyl (C=O) groups excluding carboxylic acids is 1. The van der Waals surface area contributed by atoms with Gasteiger partial charge in [-0.3, -0.25) is 4.79 Å². The summed E-state index contributed by atoms with van der Waals surface area (Å²) in [6.07, 6.45) is 3.94. The average molecular weight is 347 g/mol. The van der Waals surface area contributed by atoms with E-state index in [0.717, 1.165) is 29.9 Å². The molecule has 0 aliphatic carbocycles. The first-order chi connectivity index (χ1) is 11.6. The molecule has 1 aliphatic heterocycles. The van der Waals surface area contributed by atoms with Gasteiger partial charge in [-0.1, -0.05) is 23.8 Å². The van der Waals surface area contributed by atoms with Gasteiger partial charge in [0, 0.05) is 25.2 Å². The second-order valence-corrected chi connectivity index (χ2v) is 7.04. The van der Waals surface area contributed by atoms with Gasteiger partial charge in [0.05, 0.1) is 5.75 Å². The molecule has 7 nitrogen and oxygen atoms in total. The molecule has 1 amide bonds. The van der Waals surface area contributed by atoms with Crippen LogP contribution < -0.4 is 10.2 Å². The maximum atomic E-state index is 12.0. The van der Waals surface area contributed by atoms with E-state index >= 15 is 0 Å². The minimum Gasteiger partial charge on any atom is -0.360 e. The number of aryl methyl sites for hydroxylation is 1. The number of carbonyl (C=O) groups is 1. The molecular weight excluding hydrogens is 326 g/mol. The molecule has 2 aromatic rings. The minimum atomic E-state index is -0.139. The fourth-order valence-corrected chi connectivity index (χ4v) is 3.22. The summed E-state index contributed by atoms with van der Waals surface area (Å²) in [5, 5.41) is 7.24. The first kappa shape index (κ1) is 16.8. The Morgan fingerprint density at radius 3 is 2.88 bits per heavy atom. The van der Waals surface area contributed by atoms with Crippen LogP contribution in [0.5, 0.6) is 0 Å². The summed E-state index contributed by atoms with van der Waals surface area (Å²) in [7, 11) is 0. The maximum absolute atomic E-state index is 12.0. The Hall–Kier alpha value is -2.09. The fraction of sp³-hybridized carbons (Fsp3) is 0.500. The van der Waals surface area contributed by atoms with Gasteiger partial charge in [-0.15, -0.1) is 0 Å². The summed E-state index contributed by atoms with van der Waals surface area (Å²) < 4.78 is 4.92. The second kappa shape index (κ2) is 7.65. The van der Waals surface area contributed by atoms with E-state index in [2.05, 4.69) is 32.3 Å². The van der Waals surface area contributed by atoms with Crippen LogP contribution >= 0.6 is 11.8 Å². The van der Waals surface area contributed by atoms with Crippen molar-refractivity contribution in [3.05, 3.63) is 24.2 Å². The maximum Gasteiger partial charge on any atom is 0.236 e. The van der Waals surface area contributed by atoms with Crippen molar-refractivity contribution in [2.75, 3.05) is 29.1 Å². The first-order valence-corrected chi connectivity index (χ1v) is 9.01. The number of piperidine rings is 1. The van der Waals surface area contributed by atoms with Gasteiger partial charge in [0.15, 0.2) is 5.82 Å². The zero-order valence-electron chi connectivity index (χ0n) is 13.9. The molecule has 0 spiro atoms. The Kier molecular flexibility index (Phi) is 5.34. The Balaban J connectivity index is 1.53. The molecule has 1 N–H and O–H groups in total.